The molecular weight excluding hydrogens is 442 g/mol. The lowest BCUT2D eigenvalue weighted by molar-refractivity contribution is -0.139. The molecule has 1 aliphatic rings. The Morgan fingerprint density at radius 2 is 1.09 bits per heavy atom. The molecule has 184 valence electrons. The van der Waals surface area contributed by atoms with Crippen LogP contribution in [0.2, 0.25) is 0 Å². The summed E-state index contributed by atoms with van der Waals surface area (Å²) in [6, 6.07) is 17.4. The van der Waals surface area contributed by atoms with Gasteiger partial charge in [0.25, 0.3) is 0 Å². The Morgan fingerprint density at radius 1 is 0.735 bits per heavy atom. The molecule has 0 aliphatic carbocycles. The molecule has 0 atom stereocenters. The number of rotatable bonds is 6. The number of carbonyl (C=O) groups excluding carboxylic acids is 2. The van der Waals surface area contributed by atoms with Crippen LogP contribution in [0.1, 0.15) is 20.3 Å². The highest BCUT2D eigenvalue weighted by atomic mass is 16.5. The normalized spacial score (nSPS) is 12.1. The highest BCUT2D eigenvalue weighted by Crippen LogP contribution is 2.25. The maximum absolute atomic E-state index is 11.9. The summed E-state index contributed by atoms with van der Waals surface area (Å²) in [4.78, 5) is 23.7. The van der Waals surface area contributed by atoms with Gasteiger partial charge in [-0.1, -0.05) is 36.4 Å². The van der Waals surface area contributed by atoms with Crippen LogP contribution in [0.5, 0.6) is 11.5 Å². The molecule has 0 aromatic heterocycles. The highest BCUT2D eigenvalue weighted by molar-refractivity contribution is 5.96. The number of aromatic hydroxyl groups is 2. The first-order valence-corrected chi connectivity index (χ1v) is 10.5. The van der Waals surface area contributed by atoms with Gasteiger partial charge < -0.3 is 29.2 Å². The molecule has 34 heavy (non-hydrogen) atoms. The van der Waals surface area contributed by atoms with E-state index in [0.717, 1.165) is 0 Å². The number of hydrogen-bond donors (Lipinski definition) is 3. The van der Waals surface area contributed by atoms with E-state index in [-0.39, 0.29) is 42.5 Å². The maximum atomic E-state index is 11.9. The minimum Gasteiger partial charge on any atom is -0.508 e. The second kappa shape index (κ2) is 15.6. The molecule has 2 aromatic carbocycles. The molecule has 0 saturated carbocycles. The molecule has 9 nitrogen and oxygen atoms in total. The molecule has 3 rings (SSSR count). The van der Waals surface area contributed by atoms with Gasteiger partial charge in [-0.05, 0) is 38.1 Å². The Kier molecular flexibility index (Phi) is 12.8. The summed E-state index contributed by atoms with van der Waals surface area (Å²) >= 11 is 0. The molecule has 0 radical (unpaired) electrons. The number of ether oxygens (including phenoxy) is 4. The van der Waals surface area contributed by atoms with Gasteiger partial charge in [0.15, 0.2) is 0 Å². The van der Waals surface area contributed by atoms with E-state index in [2.05, 4.69) is 5.32 Å². The first kappa shape index (κ1) is 27.9. The van der Waals surface area contributed by atoms with Gasteiger partial charge in [0.05, 0.1) is 27.4 Å². The molecule has 3 N–H and O–H groups in total. The van der Waals surface area contributed by atoms with E-state index >= 15 is 0 Å². The molecule has 0 amide bonds. The van der Waals surface area contributed by atoms with Crippen LogP contribution in [0.15, 0.2) is 83.6 Å². The van der Waals surface area contributed by atoms with Gasteiger partial charge in [-0.25, -0.2) is 9.59 Å². The van der Waals surface area contributed by atoms with Crippen molar-refractivity contribution in [3.05, 3.63) is 83.6 Å². The first-order valence-electron chi connectivity index (χ1n) is 10.5. The quantitative estimate of drug-likeness (QED) is 0.540. The lowest BCUT2D eigenvalue weighted by Gasteiger charge is -2.23. The number of esters is 2. The highest BCUT2D eigenvalue weighted by Gasteiger charge is 2.31. The Bertz CT molecular complexity index is 878. The monoisotopic (exact) mass is 473 g/mol. The van der Waals surface area contributed by atoms with E-state index in [0.29, 0.717) is 11.5 Å². The first-order chi connectivity index (χ1) is 16.4. The SMILES string of the molecule is CCOC(=O)C1=C(OC)NC(OC)=C(C(=O)OCC)C1.Oc1ccccc1.Oc1ccccc1. The molecule has 0 bridgehead atoms. The van der Waals surface area contributed by atoms with E-state index in [9.17, 15) is 9.59 Å². The van der Waals surface area contributed by atoms with Crippen LogP contribution in [0.25, 0.3) is 0 Å². The lowest BCUT2D eigenvalue weighted by atomic mass is 10.0. The van der Waals surface area contributed by atoms with E-state index < -0.39 is 11.9 Å². The van der Waals surface area contributed by atoms with Crippen LogP contribution < -0.4 is 5.32 Å². The summed E-state index contributed by atoms with van der Waals surface area (Å²) in [5, 5.41) is 20.0. The Labute approximate surface area is 199 Å². The molecule has 1 aliphatic heterocycles. The standard InChI is InChI=1S/C13H19NO6.2C6H6O/c1-5-19-12(15)8-7-9(13(16)20-6-2)11(18-4)14-10(8)17-3;2*7-6-4-2-1-3-5-6/h14H,5-7H2,1-4H3;2*1-5,7H. The van der Waals surface area contributed by atoms with Crippen molar-refractivity contribution in [2.45, 2.75) is 20.3 Å². The van der Waals surface area contributed by atoms with E-state index in [1.807, 2.05) is 12.1 Å². The fourth-order valence-corrected chi connectivity index (χ4v) is 2.56. The van der Waals surface area contributed by atoms with Gasteiger partial charge in [0, 0.05) is 6.42 Å². The number of hydrogen-bond acceptors (Lipinski definition) is 9. The molecule has 9 heteroatoms. The zero-order chi connectivity index (χ0) is 25.3. The van der Waals surface area contributed by atoms with Crippen LogP contribution in [0, 0.1) is 0 Å². The van der Waals surface area contributed by atoms with Gasteiger partial charge in [-0.15, -0.1) is 0 Å². The van der Waals surface area contributed by atoms with Crippen molar-refractivity contribution in [2.24, 2.45) is 0 Å². The summed E-state index contributed by atoms with van der Waals surface area (Å²) in [6.45, 7) is 3.86. The van der Waals surface area contributed by atoms with E-state index in [1.54, 1.807) is 62.4 Å². The van der Waals surface area contributed by atoms with Gasteiger partial charge in [-0.3, -0.25) is 5.32 Å². The number of phenolic OH excluding ortho intramolecular Hbond substituents is 2. The smallest absolute Gasteiger partial charge is 0.339 e. The van der Waals surface area contributed by atoms with Crippen molar-refractivity contribution in [1.82, 2.24) is 5.32 Å². The topological polar surface area (TPSA) is 124 Å². The van der Waals surface area contributed by atoms with Crippen molar-refractivity contribution < 1.29 is 38.7 Å². The van der Waals surface area contributed by atoms with Gasteiger partial charge in [0.2, 0.25) is 11.8 Å². The number of methoxy groups -OCH3 is 2. The predicted octanol–water partition coefficient (Wildman–Crippen LogP) is 3.61. The molecule has 0 spiro atoms. The number of carbonyl (C=O) groups is 2. The van der Waals surface area contributed by atoms with Crippen LogP contribution in [0.3, 0.4) is 0 Å². The third kappa shape index (κ3) is 9.56. The minimum absolute atomic E-state index is 0.0248. The predicted molar refractivity (Wildman–Crippen MR) is 125 cm³/mol. The van der Waals surface area contributed by atoms with Crippen molar-refractivity contribution in [1.29, 1.82) is 0 Å². The van der Waals surface area contributed by atoms with Crippen molar-refractivity contribution >= 4 is 11.9 Å². The molecule has 0 saturated heterocycles. The van der Waals surface area contributed by atoms with Crippen molar-refractivity contribution in [3.63, 3.8) is 0 Å². The third-order valence-corrected chi connectivity index (χ3v) is 4.09. The summed E-state index contributed by atoms with van der Waals surface area (Å²) in [5.74, 6) is -0.0469. The van der Waals surface area contributed by atoms with Crippen molar-refractivity contribution in [2.75, 3.05) is 27.4 Å². The van der Waals surface area contributed by atoms with Crippen LogP contribution in [-0.2, 0) is 28.5 Å². The third-order valence-electron chi connectivity index (χ3n) is 4.09. The molecule has 1 heterocycles. The zero-order valence-electron chi connectivity index (χ0n) is 19.7. The Hall–Kier alpha value is -4.14. The average molecular weight is 474 g/mol. The number of nitrogens with one attached hydrogen (secondary N) is 1. The molecular formula is C25H31NO8. The Morgan fingerprint density at radius 3 is 1.32 bits per heavy atom. The fourth-order valence-electron chi connectivity index (χ4n) is 2.56. The second-order valence-electron chi connectivity index (χ2n) is 6.44. The maximum Gasteiger partial charge on any atom is 0.339 e. The summed E-state index contributed by atoms with van der Waals surface area (Å²) in [5.41, 5.74) is 0.441. The number of dihydropyridines is 1. The molecule has 0 fully saturated rings. The van der Waals surface area contributed by atoms with Gasteiger partial charge in [0.1, 0.15) is 22.6 Å². The second-order valence-corrected chi connectivity index (χ2v) is 6.44. The Balaban J connectivity index is 0.000000331. The number of benzene rings is 2. The van der Waals surface area contributed by atoms with Crippen molar-refractivity contribution in [3.8, 4) is 11.5 Å². The number of phenols is 2. The van der Waals surface area contributed by atoms with Gasteiger partial charge >= 0.3 is 11.9 Å². The van der Waals surface area contributed by atoms with E-state index in [1.165, 1.54) is 14.2 Å². The van der Waals surface area contributed by atoms with Crippen LogP contribution in [0.4, 0.5) is 0 Å². The van der Waals surface area contributed by atoms with E-state index in [4.69, 9.17) is 29.2 Å². The minimum atomic E-state index is -0.547. The van der Waals surface area contributed by atoms with Crippen LogP contribution >= 0.6 is 0 Å². The van der Waals surface area contributed by atoms with Gasteiger partial charge in [-0.2, -0.15) is 0 Å². The lowest BCUT2D eigenvalue weighted by Crippen LogP contribution is -2.30. The van der Waals surface area contributed by atoms with Crippen LogP contribution in [-0.4, -0.2) is 49.6 Å². The molecule has 2 aromatic rings. The summed E-state index contributed by atoms with van der Waals surface area (Å²) in [6.07, 6.45) is 0.0248. The fraction of sp³-hybridized carbons (Fsp3) is 0.280. The molecule has 0 unspecified atom stereocenters. The largest absolute Gasteiger partial charge is 0.508 e. The zero-order valence-corrected chi connectivity index (χ0v) is 19.7. The number of para-hydroxylation sites is 2. The summed E-state index contributed by atoms with van der Waals surface area (Å²) in [7, 11) is 2.81. The average Bonchev–Trinajstić information content (AvgIpc) is 2.85. The summed E-state index contributed by atoms with van der Waals surface area (Å²) < 4.78 is 20.1.